The Labute approximate surface area is 444 Å². The van der Waals surface area contributed by atoms with Gasteiger partial charge in [-0.1, -0.05) is 104 Å². The number of nitrogens with one attached hydrogen (secondary N) is 3. The third-order valence-electron chi connectivity index (χ3n) is 12.3. The molecule has 2 fully saturated rings. The van der Waals surface area contributed by atoms with E-state index in [4.69, 9.17) is 9.47 Å². The minimum atomic E-state index is -5.59. The van der Waals surface area contributed by atoms with Gasteiger partial charge in [-0.2, -0.15) is 0 Å². The first kappa shape index (κ1) is 59.1. The van der Waals surface area contributed by atoms with Crippen molar-refractivity contribution >= 4 is 84.0 Å². The Morgan fingerprint density at radius 3 is 1.03 bits per heavy atom. The second-order valence-corrected chi connectivity index (χ2v) is 21.8. The van der Waals surface area contributed by atoms with Crippen molar-refractivity contribution in [3.05, 3.63) is 119 Å². The Bertz CT molecular complexity index is 3290. The number of hydrogen-bond donors (Lipinski definition) is 3. The standard InChI is InChI=1S/C25H25N3O13S2.C22H20N2O9S.CH4/c29-21-9-10-22(30)28(21)41-24(32)20(43(37,38)39)12-26-23(31)19(42(34,35)36)11-27-25(33)40-13-18-16-7-3-1-5-14(16)15-6-2-4-8-17(15)18;25-19-9-10-20(26)24(19)33-21(27)18(34(29,30)31)11-23-22(28)32-12-17-15-7-3-1-5-13(15)14-6-2-4-8-16(14)17;/h1-8,18-20H,9-13H2,(H,26,31)(H,27,33)(H,34,35,36)(H,37,38,39);1-8,17-18H,9-12H2,(H,23,28)(H,29,30,31);1H4/p-3. The molecule has 3 atom stereocenters. The Kier molecular flexibility index (Phi) is 18.5. The monoisotopic (exact) mass is 1140 g/mol. The van der Waals surface area contributed by atoms with Crippen molar-refractivity contribution in [2.75, 3.05) is 32.8 Å². The summed E-state index contributed by atoms with van der Waals surface area (Å²) in [7, 11) is -16.4. The molecule has 4 aliphatic rings. The van der Waals surface area contributed by atoms with Crippen LogP contribution < -0.4 is 16.0 Å². The quantitative estimate of drug-likeness (QED) is 0.0914. The fourth-order valence-corrected chi connectivity index (χ4v) is 10.3. The molecule has 2 aliphatic carbocycles. The van der Waals surface area contributed by atoms with Crippen LogP contribution in [0.1, 0.15) is 67.2 Å². The van der Waals surface area contributed by atoms with Crippen LogP contribution in [0.5, 0.6) is 0 Å². The number of hydroxylamine groups is 4. The fourth-order valence-electron chi connectivity index (χ4n) is 8.50. The van der Waals surface area contributed by atoms with Crippen molar-refractivity contribution in [2.24, 2.45) is 0 Å². The molecule has 4 aromatic carbocycles. The van der Waals surface area contributed by atoms with E-state index in [1.165, 1.54) is 0 Å². The molecule has 8 rings (SSSR count). The van der Waals surface area contributed by atoms with Crippen molar-refractivity contribution in [1.82, 2.24) is 26.1 Å². The topological polar surface area (TPSA) is 405 Å². The highest BCUT2D eigenvalue weighted by Gasteiger charge is 2.40. The summed E-state index contributed by atoms with van der Waals surface area (Å²) in [6.45, 7) is -3.69. The molecule has 0 spiro atoms. The van der Waals surface area contributed by atoms with Gasteiger partial charge in [0.05, 0.1) is 0 Å². The number of benzene rings is 4. The highest BCUT2D eigenvalue weighted by Crippen LogP contribution is 2.45. The summed E-state index contributed by atoms with van der Waals surface area (Å²) in [4.78, 5) is 117. The average molecular weight is 1140 g/mol. The zero-order valence-corrected chi connectivity index (χ0v) is 42.0. The Hall–Kier alpha value is -8.16. The van der Waals surface area contributed by atoms with Gasteiger partial charge in [0.25, 0.3) is 23.6 Å². The number of alkyl carbamates (subject to hydrolysis) is 2. The largest absolute Gasteiger partial charge is 0.747 e. The summed E-state index contributed by atoms with van der Waals surface area (Å²) in [5.74, 6) is -9.48. The highest BCUT2D eigenvalue weighted by atomic mass is 32.2. The molecule has 2 heterocycles. The van der Waals surface area contributed by atoms with Crippen LogP contribution in [0, 0.1) is 0 Å². The molecule has 416 valence electrons. The first-order valence-electron chi connectivity index (χ1n) is 22.8. The van der Waals surface area contributed by atoms with Crippen LogP contribution in [0.2, 0.25) is 0 Å². The number of nitrogens with zero attached hydrogens (tertiary/aromatic N) is 2. The van der Waals surface area contributed by atoms with E-state index in [0.29, 0.717) is 0 Å². The lowest BCUT2D eigenvalue weighted by Crippen LogP contribution is -2.51. The van der Waals surface area contributed by atoms with Gasteiger partial charge in [-0.3, -0.25) is 24.0 Å². The SMILES string of the molecule is C.O=C(NCC(C(=O)NCC(C(=O)ON1C(=O)CCC1=O)S(=O)(=O)[O-])S(=O)(=O)[O-])OCC1c2ccccc2-c2ccccc21.O=C(NCC(C(=O)ON1C(=O)CCC1=O)S(=O)(=O)[O-])OCC1c2ccccc2-c2ccccc21. The average Bonchev–Trinajstić information content (AvgIpc) is 4.16. The minimum Gasteiger partial charge on any atom is -0.747 e. The summed E-state index contributed by atoms with van der Waals surface area (Å²) in [6.07, 6.45) is -3.32. The Balaban J connectivity index is 0.000000256. The van der Waals surface area contributed by atoms with Crippen molar-refractivity contribution in [3.63, 3.8) is 0 Å². The zero-order valence-electron chi connectivity index (χ0n) is 39.6. The second kappa shape index (κ2) is 24.4. The van der Waals surface area contributed by atoms with Gasteiger partial charge in [-0.15, -0.1) is 10.1 Å². The molecule has 3 N–H and O–H groups in total. The number of ether oxygens (including phenoxy) is 2. The van der Waals surface area contributed by atoms with Gasteiger partial charge in [-0.05, 0) is 44.5 Å². The van der Waals surface area contributed by atoms with Gasteiger partial charge in [0, 0.05) is 57.2 Å². The molecule has 7 amide bonds. The maximum atomic E-state index is 12.5. The first-order chi connectivity index (χ1) is 36.3. The molecular formula is C48H46N5O22S3-3. The van der Waals surface area contributed by atoms with Gasteiger partial charge in [0.2, 0.25) is 5.91 Å². The molecule has 27 nitrogen and oxygen atoms in total. The zero-order chi connectivity index (χ0) is 56.0. The molecule has 0 saturated carbocycles. The van der Waals surface area contributed by atoms with Gasteiger partial charge in [0.15, 0.2) is 10.5 Å². The van der Waals surface area contributed by atoms with Crippen LogP contribution in [-0.4, -0.2) is 151 Å². The maximum Gasteiger partial charge on any atom is 0.407 e. The molecule has 0 radical (unpaired) electrons. The van der Waals surface area contributed by atoms with Crippen molar-refractivity contribution < 1.29 is 101 Å². The van der Waals surface area contributed by atoms with Gasteiger partial charge in [-0.25, -0.2) is 44.4 Å². The Morgan fingerprint density at radius 2 is 0.731 bits per heavy atom. The lowest BCUT2D eigenvalue weighted by atomic mass is 9.98. The molecule has 30 heteroatoms. The van der Waals surface area contributed by atoms with E-state index in [0.717, 1.165) is 44.5 Å². The van der Waals surface area contributed by atoms with E-state index in [2.05, 4.69) is 15.0 Å². The van der Waals surface area contributed by atoms with E-state index in [1.807, 2.05) is 102 Å². The summed E-state index contributed by atoms with van der Waals surface area (Å²) in [5.41, 5.74) is 7.60. The van der Waals surface area contributed by atoms with E-state index >= 15 is 0 Å². The smallest absolute Gasteiger partial charge is 0.407 e. The van der Waals surface area contributed by atoms with Crippen LogP contribution in [-0.2, 0) is 83.1 Å². The first-order valence-corrected chi connectivity index (χ1v) is 27.2. The third kappa shape index (κ3) is 13.7. The normalized spacial score (nSPS) is 15.9. The van der Waals surface area contributed by atoms with Crippen LogP contribution in [0.3, 0.4) is 0 Å². The molecule has 4 aromatic rings. The van der Waals surface area contributed by atoms with Gasteiger partial charge >= 0.3 is 24.1 Å². The summed E-state index contributed by atoms with van der Waals surface area (Å²) >= 11 is 0. The van der Waals surface area contributed by atoms with E-state index < -0.39 is 119 Å². The Morgan fingerprint density at radius 1 is 0.462 bits per heavy atom. The fraction of sp³-hybridized carbons (Fsp3) is 0.312. The predicted molar refractivity (Wildman–Crippen MR) is 261 cm³/mol. The third-order valence-corrected chi connectivity index (χ3v) is 15.4. The number of imide groups is 2. The molecule has 3 unspecified atom stereocenters. The van der Waals surface area contributed by atoms with Crippen LogP contribution >= 0.6 is 0 Å². The predicted octanol–water partition coefficient (Wildman–Crippen LogP) is 0.758. The molecule has 0 bridgehead atoms. The number of rotatable bonds is 18. The number of amides is 7. The van der Waals surface area contributed by atoms with E-state index in [9.17, 15) is 82.1 Å². The van der Waals surface area contributed by atoms with Crippen LogP contribution in [0.15, 0.2) is 97.1 Å². The van der Waals surface area contributed by atoms with E-state index in [1.54, 1.807) is 5.32 Å². The minimum absolute atomic E-state index is 0. The highest BCUT2D eigenvalue weighted by molar-refractivity contribution is 7.87. The lowest BCUT2D eigenvalue weighted by molar-refractivity contribution is -0.197. The lowest BCUT2D eigenvalue weighted by Gasteiger charge is -2.24. The number of fused-ring (bicyclic) bond motifs is 6. The maximum absolute atomic E-state index is 12.5. The molecule has 2 saturated heterocycles. The van der Waals surface area contributed by atoms with Crippen LogP contribution in [0.4, 0.5) is 9.59 Å². The second-order valence-electron chi connectivity index (χ2n) is 17.1. The number of carbonyl (C=O) groups excluding carboxylic acids is 9. The van der Waals surface area contributed by atoms with E-state index in [-0.39, 0.29) is 68.3 Å². The van der Waals surface area contributed by atoms with Crippen molar-refractivity contribution in [1.29, 1.82) is 0 Å². The van der Waals surface area contributed by atoms with Crippen molar-refractivity contribution in [2.45, 2.75) is 60.7 Å². The summed E-state index contributed by atoms with van der Waals surface area (Å²) in [5, 5.41) is -1.83. The molecule has 0 aromatic heterocycles. The van der Waals surface area contributed by atoms with Crippen LogP contribution in [0.25, 0.3) is 22.3 Å². The molecule has 2 aliphatic heterocycles. The van der Waals surface area contributed by atoms with Crippen molar-refractivity contribution in [3.8, 4) is 22.3 Å². The molecular weight excluding hydrogens is 1090 g/mol. The van der Waals surface area contributed by atoms with Gasteiger partial charge in [0.1, 0.15) is 48.8 Å². The summed E-state index contributed by atoms with van der Waals surface area (Å²) < 4.78 is 115. The summed E-state index contributed by atoms with van der Waals surface area (Å²) in [6, 6.07) is 30.1. The number of carbonyl (C=O) groups is 9. The molecule has 78 heavy (non-hydrogen) atoms. The number of hydrogen-bond acceptors (Lipinski definition) is 22. The van der Waals surface area contributed by atoms with Gasteiger partial charge < -0.3 is 48.8 Å².